The van der Waals surface area contributed by atoms with Gasteiger partial charge >= 0.3 is 0 Å². The van der Waals surface area contributed by atoms with Gasteiger partial charge in [-0.25, -0.2) is 17.5 Å². The van der Waals surface area contributed by atoms with Crippen LogP contribution in [0.3, 0.4) is 0 Å². The number of hydrogen-bond acceptors (Lipinski definition) is 4. The van der Waals surface area contributed by atoms with Crippen molar-refractivity contribution in [2.45, 2.75) is 24.2 Å². The number of amides is 1. The third kappa shape index (κ3) is 4.87. The highest BCUT2D eigenvalue weighted by Crippen LogP contribution is 2.19. The average Bonchev–Trinajstić information content (AvgIpc) is 3.01. The van der Waals surface area contributed by atoms with Crippen LogP contribution in [0.25, 0.3) is 0 Å². The molecule has 23 heavy (non-hydrogen) atoms. The molecule has 0 aromatic heterocycles. The average molecular weight is 366 g/mol. The summed E-state index contributed by atoms with van der Waals surface area (Å²) in [5, 5.41) is 0. The maximum atomic E-state index is 14.1. The monoisotopic (exact) mass is 365 g/mol. The lowest BCUT2D eigenvalue weighted by molar-refractivity contribution is 0.0788. The molecule has 9 heteroatoms. The number of nitrogens with one attached hydrogen (secondary N) is 1. The van der Waals surface area contributed by atoms with Crippen LogP contribution in [0.1, 0.15) is 29.6 Å². The molecule has 0 saturated carbocycles. The zero-order valence-corrected chi connectivity index (χ0v) is 14.3. The van der Waals surface area contributed by atoms with Crippen LogP contribution in [0.5, 0.6) is 0 Å². The second-order valence-electron chi connectivity index (χ2n) is 5.18. The Morgan fingerprint density at radius 2 is 1.96 bits per heavy atom. The van der Waals surface area contributed by atoms with Crippen molar-refractivity contribution >= 4 is 28.3 Å². The Bertz CT molecular complexity index is 649. The fourth-order valence-corrected chi connectivity index (χ4v) is 3.40. The summed E-state index contributed by atoms with van der Waals surface area (Å²) in [6.45, 7) is 1.77. The Morgan fingerprint density at radius 1 is 1.30 bits per heavy atom. The van der Waals surface area contributed by atoms with E-state index in [0.29, 0.717) is 26.1 Å². The Balaban J connectivity index is 0.00000264. The lowest BCUT2D eigenvalue weighted by atomic mass is 10.2. The van der Waals surface area contributed by atoms with Gasteiger partial charge in [-0.15, -0.1) is 12.4 Å². The normalized spacial score (nSPS) is 14.6. The van der Waals surface area contributed by atoms with Crippen molar-refractivity contribution in [2.75, 3.05) is 26.2 Å². The van der Waals surface area contributed by atoms with Gasteiger partial charge in [0.15, 0.2) is 0 Å². The predicted octanol–water partition coefficient (Wildman–Crippen LogP) is 1.11. The summed E-state index contributed by atoms with van der Waals surface area (Å²) in [7, 11) is -3.79. The number of nitrogens with two attached hydrogens (primary N) is 1. The van der Waals surface area contributed by atoms with Gasteiger partial charge in [0.25, 0.3) is 5.91 Å². The highest BCUT2D eigenvalue weighted by atomic mass is 35.5. The molecule has 1 fully saturated rings. The SMILES string of the molecule is Cl.NCCCNS(=O)(=O)c1ccc(C(=O)N2CCCC2)c(F)c1. The lowest BCUT2D eigenvalue weighted by Gasteiger charge is -2.16. The maximum Gasteiger partial charge on any atom is 0.256 e. The van der Waals surface area contributed by atoms with Crippen molar-refractivity contribution in [1.29, 1.82) is 0 Å². The van der Waals surface area contributed by atoms with Gasteiger partial charge < -0.3 is 10.6 Å². The van der Waals surface area contributed by atoms with Crippen LogP contribution in [0, 0.1) is 5.82 Å². The fraction of sp³-hybridized carbons (Fsp3) is 0.500. The number of hydrogen-bond donors (Lipinski definition) is 2. The number of nitrogens with zero attached hydrogens (tertiary/aromatic N) is 1. The second-order valence-corrected chi connectivity index (χ2v) is 6.95. The van der Waals surface area contributed by atoms with E-state index < -0.39 is 21.7 Å². The quantitative estimate of drug-likeness (QED) is 0.738. The molecule has 1 saturated heterocycles. The molecule has 1 amide bonds. The zero-order valence-electron chi connectivity index (χ0n) is 12.6. The summed E-state index contributed by atoms with van der Waals surface area (Å²) in [5.74, 6) is -1.21. The van der Waals surface area contributed by atoms with Gasteiger partial charge in [0.05, 0.1) is 10.5 Å². The molecule has 3 N–H and O–H groups in total. The number of carbonyl (C=O) groups excluding carboxylic acids is 1. The summed E-state index contributed by atoms with van der Waals surface area (Å²) in [6.07, 6.45) is 2.31. The van der Waals surface area contributed by atoms with Crippen molar-refractivity contribution in [3.05, 3.63) is 29.6 Å². The van der Waals surface area contributed by atoms with Gasteiger partial charge in [-0.05, 0) is 44.0 Å². The number of halogens is 2. The summed E-state index contributed by atoms with van der Waals surface area (Å²) in [4.78, 5) is 13.5. The van der Waals surface area contributed by atoms with E-state index in [1.54, 1.807) is 4.90 Å². The molecule has 0 bridgehead atoms. The molecule has 0 spiro atoms. The van der Waals surface area contributed by atoms with E-state index in [9.17, 15) is 17.6 Å². The third-order valence-electron chi connectivity index (χ3n) is 3.55. The molecule has 0 unspecified atom stereocenters. The first-order valence-electron chi connectivity index (χ1n) is 7.24. The molecular formula is C14H21ClFN3O3S. The topological polar surface area (TPSA) is 92.5 Å². The van der Waals surface area contributed by atoms with E-state index in [1.165, 1.54) is 12.1 Å². The van der Waals surface area contributed by atoms with Crippen LogP contribution >= 0.6 is 12.4 Å². The molecule has 0 aliphatic carbocycles. The molecule has 0 radical (unpaired) electrons. The Morgan fingerprint density at radius 3 is 2.52 bits per heavy atom. The number of sulfonamides is 1. The highest BCUT2D eigenvalue weighted by molar-refractivity contribution is 7.89. The summed E-state index contributed by atoms with van der Waals surface area (Å²) in [5.41, 5.74) is 5.20. The van der Waals surface area contributed by atoms with Gasteiger partial charge in [0.1, 0.15) is 5.82 Å². The van der Waals surface area contributed by atoms with E-state index in [4.69, 9.17) is 5.73 Å². The highest BCUT2D eigenvalue weighted by Gasteiger charge is 2.24. The van der Waals surface area contributed by atoms with Gasteiger partial charge in [-0.2, -0.15) is 0 Å². The number of carbonyl (C=O) groups is 1. The van der Waals surface area contributed by atoms with E-state index in [2.05, 4.69) is 4.72 Å². The minimum absolute atomic E-state index is 0. The standard InChI is InChI=1S/C14H20FN3O3S.ClH/c15-13-10-11(22(20,21)17-7-3-6-16)4-5-12(13)14(19)18-8-1-2-9-18;/h4-5,10,17H,1-3,6-9,16H2;1H. The molecule has 130 valence electrons. The van der Waals surface area contributed by atoms with E-state index in [-0.39, 0.29) is 29.4 Å². The first-order chi connectivity index (χ1) is 10.5. The largest absolute Gasteiger partial charge is 0.339 e. The van der Waals surface area contributed by atoms with Crippen LogP contribution < -0.4 is 10.5 Å². The summed E-state index contributed by atoms with van der Waals surface area (Å²) < 4.78 is 40.4. The number of rotatable bonds is 6. The molecule has 1 aliphatic heterocycles. The van der Waals surface area contributed by atoms with Crippen molar-refractivity contribution in [2.24, 2.45) is 5.73 Å². The summed E-state index contributed by atoms with van der Waals surface area (Å²) in [6, 6.07) is 3.36. The van der Waals surface area contributed by atoms with Crippen molar-refractivity contribution < 1.29 is 17.6 Å². The van der Waals surface area contributed by atoms with E-state index in [0.717, 1.165) is 18.9 Å². The number of likely N-dealkylation sites (tertiary alicyclic amines) is 1. The molecule has 0 atom stereocenters. The molecule has 1 aromatic carbocycles. The first-order valence-corrected chi connectivity index (χ1v) is 8.72. The van der Waals surface area contributed by atoms with Crippen molar-refractivity contribution in [1.82, 2.24) is 9.62 Å². The smallest absolute Gasteiger partial charge is 0.256 e. The van der Waals surface area contributed by atoms with Crippen LogP contribution in [0.2, 0.25) is 0 Å². The Kier molecular flexibility index (Phi) is 7.40. The second kappa shape index (κ2) is 8.58. The first kappa shape index (κ1) is 19.8. The van der Waals surface area contributed by atoms with Gasteiger partial charge in [-0.1, -0.05) is 0 Å². The molecule has 2 rings (SSSR count). The molecule has 1 aliphatic rings. The molecular weight excluding hydrogens is 345 g/mol. The lowest BCUT2D eigenvalue weighted by Crippen LogP contribution is -2.29. The van der Waals surface area contributed by atoms with E-state index in [1.807, 2.05) is 0 Å². The van der Waals surface area contributed by atoms with Crippen LogP contribution in [-0.4, -0.2) is 45.4 Å². The number of benzene rings is 1. The molecule has 6 nitrogen and oxygen atoms in total. The van der Waals surface area contributed by atoms with Crippen molar-refractivity contribution in [3.63, 3.8) is 0 Å². The van der Waals surface area contributed by atoms with Crippen LogP contribution in [0.15, 0.2) is 23.1 Å². The fourth-order valence-electron chi connectivity index (χ4n) is 2.32. The predicted molar refractivity (Wildman–Crippen MR) is 87.6 cm³/mol. The van der Waals surface area contributed by atoms with Gasteiger partial charge in [0, 0.05) is 19.6 Å². The summed E-state index contributed by atoms with van der Waals surface area (Å²) >= 11 is 0. The Hall–Kier alpha value is -1.22. The minimum Gasteiger partial charge on any atom is -0.339 e. The maximum absolute atomic E-state index is 14.1. The third-order valence-corrected chi connectivity index (χ3v) is 5.01. The van der Waals surface area contributed by atoms with Crippen molar-refractivity contribution in [3.8, 4) is 0 Å². The van der Waals surface area contributed by atoms with Gasteiger partial charge in [-0.3, -0.25) is 4.79 Å². The van der Waals surface area contributed by atoms with E-state index >= 15 is 0 Å². The molecule has 1 heterocycles. The van der Waals surface area contributed by atoms with Crippen LogP contribution in [0.4, 0.5) is 4.39 Å². The molecule has 1 aromatic rings. The van der Waals surface area contributed by atoms with Gasteiger partial charge in [0.2, 0.25) is 10.0 Å². The Labute approximate surface area is 141 Å². The minimum atomic E-state index is -3.79. The zero-order chi connectivity index (χ0) is 16.2. The van der Waals surface area contributed by atoms with Crippen LogP contribution in [-0.2, 0) is 10.0 Å².